The van der Waals surface area contributed by atoms with Crippen LogP contribution in [0.25, 0.3) is 11.1 Å². The van der Waals surface area contributed by atoms with E-state index in [9.17, 15) is 4.79 Å². The van der Waals surface area contributed by atoms with Crippen LogP contribution in [0.3, 0.4) is 0 Å². The molecule has 0 radical (unpaired) electrons. The van der Waals surface area contributed by atoms with Gasteiger partial charge >= 0.3 is 6.09 Å². The van der Waals surface area contributed by atoms with Crippen LogP contribution in [-0.4, -0.2) is 78.3 Å². The van der Waals surface area contributed by atoms with Crippen LogP contribution in [0, 0.1) is 5.92 Å². The second kappa shape index (κ2) is 17.0. The maximum absolute atomic E-state index is 12.3. The zero-order valence-corrected chi connectivity index (χ0v) is 28.0. The molecular formula is C39H47N5O4. The van der Waals surface area contributed by atoms with E-state index in [0.29, 0.717) is 37.5 Å². The highest BCUT2D eigenvalue weighted by atomic mass is 16.6. The smallest absolute Gasteiger partial charge is 0.409 e. The molecule has 4 aromatic rings. The quantitative estimate of drug-likeness (QED) is 0.142. The molecule has 1 amide bonds. The Labute approximate surface area is 284 Å². The molecule has 0 spiro atoms. The van der Waals surface area contributed by atoms with Crippen LogP contribution in [0.15, 0.2) is 91.1 Å². The number of aromatic nitrogens is 2. The summed E-state index contributed by atoms with van der Waals surface area (Å²) < 4.78 is 17.8. The second-order valence-electron chi connectivity index (χ2n) is 12.6. The van der Waals surface area contributed by atoms with Crippen molar-refractivity contribution in [1.29, 1.82) is 0 Å². The third kappa shape index (κ3) is 9.25. The number of likely N-dealkylation sites (tertiary alicyclic amines) is 1. The van der Waals surface area contributed by atoms with Gasteiger partial charge in [-0.15, -0.1) is 0 Å². The Morgan fingerprint density at radius 2 is 1.50 bits per heavy atom. The summed E-state index contributed by atoms with van der Waals surface area (Å²) in [5.41, 5.74) is 4.07. The van der Waals surface area contributed by atoms with Gasteiger partial charge < -0.3 is 24.0 Å². The summed E-state index contributed by atoms with van der Waals surface area (Å²) in [6.07, 6.45) is 5.75. The fraction of sp³-hybridized carbons (Fsp3) is 0.410. The van der Waals surface area contributed by atoms with E-state index in [1.807, 2.05) is 90.0 Å². The minimum atomic E-state index is -0.150. The number of hydrogen-bond acceptors (Lipinski definition) is 8. The molecule has 0 unspecified atom stereocenters. The molecule has 9 heteroatoms. The predicted molar refractivity (Wildman–Crippen MR) is 188 cm³/mol. The monoisotopic (exact) mass is 649 g/mol. The van der Waals surface area contributed by atoms with Crippen molar-refractivity contribution in [3.63, 3.8) is 0 Å². The lowest BCUT2D eigenvalue weighted by atomic mass is 9.96. The lowest BCUT2D eigenvalue weighted by molar-refractivity contribution is 0.0807. The molecule has 0 bridgehead atoms. The molecular weight excluding hydrogens is 602 g/mol. The standard InChI is InChI=1S/C39H47N5O4/c1-2-3-26-46-39(45)44-20-17-31(18-21-44)28-42-22-24-43(25-23-42)36-27-34(16-19-40-36)35-14-15-37(47-29-32-10-6-4-7-11-32)41-38(35)48-30-33-12-8-5-9-13-33/h4-16,19,27,31H,2-3,17-18,20-26,28-30H2,1H3. The number of anilines is 1. The minimum absolute atomic E-state index is 0.150. The number of piperazine rings is 1. The van der Waals surface area contributed by atoms with Crippen LogP contribution in [0.2, 0.25) is 0 Å². The van der Waals surface area contributed by atoms with E-state index in [4.69, 9.17) is 24.2 Å². The molecule has 0 atom stereocenters. The van der Waals surface area contributed by atoms with Crippen LogP contribution in [0.5, 0.6) is 11.8 Å². The van der Waals surface area contributed by atoms with E-state index < -0.39 is 0 Å². The van der Waals surface area contributed by atoms with E-state index in [2.05, 4.69) is 22.8 Å². The Morgan fingerprint density at radius 1 is 0.812 bits per heavy atom. The first kappa shape index (κ1) is 33.3. The number of ether oxygens (including phenoxy) is 3. The number of rotatable bonds is 13. The Kier molecular flexibility index (Phi) is 11.8. The van der Waals surface area contributed by atoms with Gasteiger partial charge in [0.1, 0.15) is 19.0 Å². The van der Waals surface area contributed by atoms with Crippen molar-refractivity contribution in [3.05, 3.63) is 102 Å². The molecule has 2 aromatic carbocycles. The van der Waals surface area contributed by atoms with Crippen molar-refractivity contribution in [3.8, 4) is 22.9 Å². The number of hydrogen-bond donors (Lipinski definition) is 0. The maximum Gasteiger partial charge on any atom is 0.409 e. The Morgan fingerprint density at radius 3 is 2.19 bits per heavy atom. The highest BCUT2D eigenvalue weighted by Crippen LogP contribution is 2.33. The third-order valence-corrected chi connectivity index (χ3v) is 9.15. The van der Waals surface area contributed by atoms with Gasteiger partial charge in [-0.1, -0.05) is 74.0 Å². The molecule has 2 fully saturated rings. The van der Waals surface area contributed by atoms with Crippen LogP contribution >= 0.6 is 0 Å². The fourth-order valence-electron chi connectivity index (χ4n) is 6.27. The van der Waals surface area contributed by atoms with E-state index in [1.165, 1.54) is 0 Å². The van der Waals surface area contributed by atoms with E-state index >= 15 is 0 Å². The maximum atomic E-state index is 12.3. The van der Waals surface area contributed by atoms with E-state index in [-0.39, 0.29) is 6.09 Å². The summed E-state index contributed by atoms with van der Waals surface area (Å²) in [6.45, 7) is 9.94. The van der Waals surface area contributed by atoms with Gasteiger partial charge in [0, 0.05) is 63.6 Å². The summed E-state index contributed by atoms with van der Waals surface area (Å²) in [6, 6.07) is 28.3. The zero-order chi connectivity index (χ0) is 33.0. The van der Waals surface area contributed by atoms with Crippen LogP contribution < -0.4 is 14.4 Å². The number of nitrogens with zero attached hydrogens (tertiary/aromatic N) is 5. The van der Waals surface area contributed by atoms with Gasteiger partial charge in [0.25, 0.3) is 0 Å². The lowest BCUT2D eigenvalue weighted by Crippen LogP contribution is -2.49. The third-order valence-electron chi connectivity index (χ3n) is 9.15. The van der Waals surface area contributed by atoms with Crippen molar-refractivity contribution < 1.29 is 19.0 Å². The Bertz CT molecular complexity index is 1570. The molecule has 252 valence electrons. The van der Waals surface area contributed by atoms with Gasteiger partial charge in [-0.2, -0.15) is 4.98 Å². The molecule has 48 heavy (non-hydrogen) atoms. The molecule has 0 aliphatic carbocycles. The number of carbonyl (C=O) groups is 1. The lowest BCUT2D eigenvalue weighted by Gasteiger charge is -2.39. The van der Waals surface area contributed by atoms with Gasteiger partial charge in [0.05, 0.1) is 6.61 Å². The average molecular weight is 650 g/mol. The average Bonchev–Trinajstić information content (AvgIpc) is 3.15. The molecule has 2 aliphatic heterocycles. The second-order valence-corrected chi connectivity index (χ2v) is 12.6. The van der Waals surface area contributed by atoms with Crippen LogP contribution in [-0.2, 0) is 18.0 Å². The van der Waals surface area contributed by atoms with Gasteiger partial charge in [-0.3, -0.25) is 4.90 Å². The number of pyridine rings is 2. The molecule has 4 heterocycles. The number of amides is 1. The van der Waals surface area contributed by atoms with Gasteiger partial charge in [0.15, 0.2) is 0 Å². The molecule has 6 rings (SSSR count). The summed E-state index contributed by atoms with van der Waals surface area (Å²) >= 11 is 0. The van der Waals surface area contributed by atoms with Crippen molar-refractivity contribution in [2.75, 3.05) is 57.3 Å². The first-order valence-electron chi connectivity index (χ1n) is 17.3. The SMILES string of the molecule is CCCCOC(=O)N1CCC(CN2CCN(c3cc(-c4ccc(OCc5ccccc5)nc4OCc4ccccc4)ccn3)CC2)CC1. The van der Waals surface area contributed by atoms with Crippen molar-refractivity contribution in [2.24, 2.45) is 5.92 Å². The zero-order valence-electron chi connectivity index (χ0n) is 28.0. The number of piperidine rings is 1. The summed E-state index contributed by atoms with van der Waals surface area (Å²) in [5.74, 6) is 2.62. The van der Waals surface area contributed by atoms with Crippen molar-refractivity contribution in [1.82, 2.24) is 19.8 Å². The first-order chi connectivity index (χ1) is 23.6. The van der Waals surface area contributed by atoms with Crippen molar-refractivity contribution >= 4 is 11.9 Å². The minimum Gasteiger partial charge on any atom is -0.473 e. The van der Waals surface area contributed by atoms with Gasteiger partial charge in [-0.25, -0.2) is 9.78 Å². The number of unbranched alkanes of at least 4 members (excludes halogenated alkanes) is 1. The van der Waals surface area contributed by atoms with Crippen LogP contribution in [0.4, 0.5) is 10.6 Å². The number of carbonyl (C=O) groups excluding carboxylic acids is 1. The largest absolute Gasteiger partial charge is 0.473 e. The van der Waals surface area contributed by atoms with E-state index in [0.717, 1.165) is 99.6 Å². The summed E-state index contributed by atoms with van der Waals surface area (Å²) in [4.78, 5) is 28.7. The van der Waals surface area contributed by atoms with Gasteiger partial charge in [0.2, 0.25) is 11.8 Å². The van der Waals surface area contributed by atoms with Gasteiger partial charge in [-0.05, 0) is 60.1 Å². The Hall–Kier alpha value is -4.63. The first-order valence-corrected chi connectivity index (χ1v) is 17.3. The summed E-state index contributed by atoms with van der Waals surface area (Å²) in [7, 11) is 0. The topological polar surface area (TPSA) is 80.3 Å². The number of benzene rings is 2. The van der Waals surface area contributed by atoms with Crippen molar-refractivity contribution in [2.45, 2.75) is 45.8 Å². The predicted octanol–water partition coefficient (Wildman–Crippen LogP) is 7.07. The normalized spacial score (nSPS) is 15.7. The molecule has 2 saturated heterocycles. The molecule has 2 aliphatic rings. The summed E-state index contributed by atoms with van der Waals surface area (Å²) in [5, 5.41) is 0. The van der Waals surface area contributed by atoms with Crippen LogP contribution in [0.1, 0.15) is 43.7 Å². The fourth-order valence-corrected chi connectivity index (χ4v) is 6.27. The molecule has 0 N–H and O–H groups in total. The van der Waals surface area contributed by atoms with E-state index in [1.54, 1.807) is 0 Å². The molecule has 9 nitrogen and oxygen atoms in total. The highest BCUT2D eigenvalue weighted by molar-refractivity contribution is 5.71. The molecule has 2 aromatic heterocycles. The Balaban J connectivity index is 1.06. The highest BCUT2D eigenvalue weighted by Gasteiger charge is 2.27. The molecule has 0 saturated carbocycles.